The number of nitrogens with one attached hydrogen (secondary N) is 2. The molecular formula is C14H11N5O. The number of urea groups is 1. The molecule has 0 atom stereocenters. The molecule has 0 saturated heterocycles. The van der Waals surface area contributed by atoms with Crippen LogP contribution in [0.3, 0.4) is 0 Å². The quantitative estimate of drug-likeness (QED) is 0.746. The van der Waals surface area contributed by atoms with Crippen molar-refractivity contribution in [1.82, 2.24) is 15.4 Å². The van der Waals surface area contributed by atoms with Crippen molar-refractivity contribution in [1.29, 1.82) is 0 Å². The summed E-state index contributed by atoms with van der Waals surface area (Å²) in [5, 5.41) is 17.5. The lowest BCUT2D eigenvalue weighted by molar-refractivity contribution is 0.262. The lowest BCUT2D eigenvalue weighted by Gasteiger charge is -2.07. The molecule has 0 bridgehead atoms. The molecule has 0 radical (unpaired) electrons. The van der Waals surface area contributed by atoms with Crippen molar-refractivity contribution < 1.29 is 4.79 Å². The molecule has 6 nitrogen and oxygen atoms in total. The summed E-state index contributed by atoms with van der Waals surface area (Å²) >= 11 is 0. The summed E-state index contributed by atoms with van der Waals surface area (Å²) in [7, 11) is 0. The molecule has 3 aromatic rings. The Labute approximate surface area is 114 Å². The minimum absolute atomic E-state index is 0.373. The first kappa shape index (κ1) is 12.0. The highest BCUT2D eigenvalue weighted by atomic mass is 16.2. The Hall–Kier alpha value is -3.02. The zero-order valence-electron chi connectivity index (χ0n) is 10.4. The smallest absolute Gasteiger partial charge is 0.308 e. The van der Waals surface area contributed by atoms with Gasteiger partial charge in [-0.1, -0.05) is 30.3 Å². The van der Waals surface area contributed by atoms with Gasteiger partial charge in [-0.3, -0.25) is 5.32 Å². The van der Waals surface area contributed by atoms with Crippen molar-refractivity contribution >= 4 is 28.4 Å². The van der Waals surface area contributed by atoms with Crippen molar-refractivity contribution in [2.45, 2.75) is 0 Å². The number of anilines is 2. The number of hydrogen-bond acceptors (Lipinski definition) is 4. The van der Waals surface area contributed by atoms with Crippen LogP contribution in [0, 0.1) is 0 Å². The first-order chi connectivity index (χ1) is 9.83. The number of nitrogens with zero attached hydrogens (tertiary/aromatic N) is 3. The maximum Gasteiger partial charge on any atom is 0.324 e. The topological polar surface area (TPSA) is 79.8 Å². The Morgan fingerprint density at radius 3 is 2.45 bits per heavy atom. The van der Waals surface area contributed by atoms with Gasteiger partial charge in [-0.15, -0.1) is 10.2 Å². The standard InChI is InChI=1S/C14H11N5O/c20-14(15-10-6-2-1-3-7-10)16-13-11-8-4-5-9-12(11)17-19-18-13/h1-9H,(H2,15,16,17,18,20). The van der Waals surface area contributed by atoms with E-state index in [-0.39, 0.29) is 6.03 Å². The second-order valence-electron chi connectivity index (χ2n) is 4.10. The van der Waals surface area contributed by atoms with Gasteiger partial charge in [0, 0.05) is 11.1 Å². The second-order valence-corrected chi connectivity index (χ2v) is 4.10. The number of aromatic nitrogens is 3. The van der Waals surface area contributed by atoms with Crippen LogP contribution in [-0.4, -0.2) is 21.4 Å². The van der Waals surface area contributed by atoms with Crippen LogP contribution in [0.2, 0.25) is 0 Å². The molecule has 6 heteroatoms. The van der Waals surface area contributed by atoms with Gasteiger partial charge in [0.05, 0.1) is 5.52 Å². The van der Waals surface area contributed by atoms with Crippen LogP contribution >= 0.6 is 0 Å². The summed E-state index contributed by atoms with van der Waals surface area (Å²) in [5.74, 6) is 0.379. The van der Waals surface area contributed by atoms with Gasteiger partial charge in [0.1, 0.15) is 0 Å². The van der Waals surface area contributed by atoms with Gasteiger partial charge < -0.3 is 5.32 Å². The number of benzene rings is 2. The van der Waals surface area contributed by atoms with Crippen LogP contribution in [0.5, 0.6) is 0 Å². The fraction of sp³-hybridized carbons (Fsp3) is 0. The first-order valence-corrected chi connectivity index (χ1v) is 6.04. The molecule has 2 amide bonds. The third kappa shape index (κ3) is 2.54. The van der Waals surface area contributed by atoms with Crippen molar-refractivity contribution in [3.05, 3.63) is 54.6 Å². The van der Waals surface area contributed by atoms with E-state index in [1.54, 1.807) is 12.1 Å². The highest BCUT2D eigenvalue weighted by molar-refractivity contribution is 6.03. The van der Waals surface area contributed by atoms with Gasteiger partial charge in [-0.05, 0) is 29.5 Å². The third-order valence-electron chi connectivity index (χ3n) is 2.72. The average Bonchev–Trinajstić information content (AvgIpc) is 2.48. The van der Waals surface area contributed by atoms with Crippen molar-refractivity contribution in [2.24, 2.45) is 0 Å². The minimum atomic E-state index is -0.373. The van der Waals surface area contributed by atoms with Gasteiger partial charge >= 0.3 is 6.03 Å². The number of fused-ring (bicyclic) bond motifs is 1. The van der Waals surface area contributed by atoms with Crippen molar-refractivity contribution in [3.8, 4) is 0 Å². The van der Waals surface area contributed by atoms with E-state index in [0.29, 0.717) is 17.0 Å². The van der Waals surface area contributed by atoms with E-state index in [1.165, 1.54) is 0 Å². The normalized spacial score (nSPS) is 10.2. The summed E-state index contributed by atoms with van der Waals surface area (Å²) in [6.07, 6.45) is 0. The number of rotatable bonds is 2. The van der Waals surface area contributed by atoms with Crippen LogP contribution in [0.25, 0.3) is 10.9 Å². The van der Waals surface area contributed by atoms with Crippen LogP contribution in [0.15, 0.2) is 54.6 Å². The summed E-state index contributed by atoms with van der Waals surface area (Å²) in [6.45, 7) is 0. The maximum absolute atomic E-state index is 11.9. The molecule has 0 saturated carbocycles. The molecular weight excluding hydrogens is 254 g/mol. The lowest BCUT2D eigenvalue weighted by Crippen LogP contribution is -2.20. The van der Waals surface area contributed by atoms with E-state index < -0.39 is 0 Å². The van der Waals surface area contributed by atoms with Gasteiger partial charge in [-0.2, -0.15) is 0 Å². The van der Waals surface area contributed by atoms with Gasteiger partial charge in [-0.25, -0.2) is 4.79 Å². The van der Waals surface area contributed by atoms with E-state index >= 15 is 0 Å². The highest BCUT2D eigenvalue weighted by Crippen LogP contribution is 2.17. The number of carbonyl (C=O) groups is 1. The van der Waals surface area contributed by atoms with E-state index in [4.69, 9.17) is 0 Å². The van der Waals surface area contributed by atoms with Crippen LogP contribution in [0.4, 0.5) is 16.3 Å². The summed E-state index contributed by atoms with van der Waals surface area (Å²) < 4.78 is 0. The molecule has 1 aromatic heterocycles. The molecule has 0 aliphatic heterocycles. The fourth-order valence-electron chi connectivity index (χ4n) is 1.81. The third-order valence-corrected chi connectivity index (χ3v) is 2.72. The molecule has 0 fully saturated rings. The van der Waals surface area contributed by atoms with Crippen LogP contribution < -0.4 is 10.6 Å². The molecule has 0 aliphatic carbocycles. The minimum Gasteiger partial charge on any atom is -0.308 e. The van der Waals surface area contributed by atoms with E-state index in [1.807, 2.05) is 42.5 Å². The van der Waals surface area contributed by atoms with Gasteiger partial charge in [0.25, 0.3) is 0 Å². The zero-order valence-corrected chi connectivity index (χ0v) is 10.4. The summed E-state index contributed by atoms with van der Waals surface area (Å²) in [5.41, 5.74) is 1.38. The zero-order chi connectivity index (χ0) is 13.8. The SMILES string of the molecule is O=C(Nc1ccccc1)Nc1nnnc2ccccc12. The Morgan fingerprint density at radius 1 is 0.850 bits per heavy atom. The van der Waals surface area contributed by atoms with Crippen molar-refractivity contribution in [3.63, 3.8) is 0 Å². The monoisotopic (exact) mass is 265 g/mol. The highest BCUT2D eigenvalue weighted by Gasteiger charge is 2.08. The fourth-order valence-corrected chi connectivity index (χ4v) is 1.81. The molecule has 98 valence electrons. The Bertz CT molecular complexity index is 739. The predicted molar refractivity (Wildman–Crippen MR) is 76.4 cm³/mol. The van der Waals surface area contributed by atoms with Gasteiger partial charge in [0.15, 0.2) is 5.82 Å². The number of amides is 2. The maximum atomic E-state index is 11.9. The van der Waals surface area contributed by atoms with E-state index in [9.17, 15) is 4.79 Å². The van der Waals surface area contributed by atoms with Gasteiger partial charge in [0.2, 0.25) is 0 Å². The molecule has 0 unspecified atom stereocenters. The molecule has 20 heavy (non-hydrogen) atoms. The molecule has 0 spiro atoms. The summed E-state index contributed by atoms with van der Waals surface area (Å²) in [6, 6.07) is 16.1. The lowest BCUT2D eigenvalue weighted by atomic mass is 10.2. The Morgan fingerprint density at radius 2 is 1.60 bits per heavy atom. The Kier molecular flexibility index (Phi) is 3.20. The number of hydrogen-bond donors (Lipinski definition) is 2. The van der Waals surface area contributed by atoms with Crippen LogP contribution in [-0.2, 0) is 0 Å². The average molecular weight is 265 g/mol. The first-order valence-electron chi connectivity index (χ1n) is 6.04. The molecule has 3 rings (SSSR count). The molecule has 2 N–H and O–H groups in total. The summed E-state index contributed by atoms with van der Waals surface area (Å²) in [4.78, 5) is 11.9. The largest absolute Gasteiger partial charge is 0.324 e. The molecule has 0 aliphatic rings. The predicted octanol–water partition coefficient (Wildman–Crippen LogP) is 2.67. The van der Waals surface area contributed by atoms with E-state index in [2.05, 4.69) is 26.0 Å². The number of para-hydroxylation sites is 1. The second kappa shape index (κ2) is 5.31. The molecule has 2 aromatic carbocycles. The number of carbonyl (C=O) groups excluding carboxylic acids is 1. The Balaban J connectivity index is 1.81. The van der Waals surface area contributed by atoms with E-state index in [0.717, 1.165) is 5.39 Å². The molecule has 1 heterocycles. The van der Waals surface area contributed by atoms with Crippen LogP contribution in [0.1, 0.15) is 0 Å². The van der Waals surface area contributed by atoms with Crippen molar-refractivity contribution in [2.75, 3.05) is 10.6 Å².